The summed E-state index contributed by atoms with van der Waals surface area (Å²) in [5.41, 5.74) is 4.84. The number of nitrogens with zero attached hydrogens (tertiary/aromatic N) is 4. The number of pyridine rings is 2. The van der Waals surface area contributed by atoms with Gasteiger partial charge in [0.15, 0.2) is 16.6 Å². The number of aryl methyl sites for hydroxylation is 2. The molecule has 1 fully saturated rings. The average Bonchev–Trinajstić information content (AvgIpc) is 3.49. The summed E-state index contributed by atoms with van der Waals surface area (Å²) in [5.74, 6) is -0.702. The van der Waals surface area contributed by atoms with Gasteiger partial charge < -0.3 is 15.0 Å². The van der Waals surface area contributed by atoms with Gasteiger partial charge in [0.05, 0.1) is 4.90 Å². The van der Waals surface area contributed by atoms with Crippen molar-refractivity contribution in [1.82, 2.24) is 24.2 Å². The molecule has 272 valence electrons. The van der Waals surface area contributed by atoms with E-state index in [2.05, 4.69) is 17.2 Å². The number of amides is 2. The van der Waals surface area contributed by atoms with E-state index < -0.39 is 28.1 Å². The number of piperidine rings is 1. The number of halogens is 1. The third-order valence-electron chi connectivity index (χ3n) is 10.3. The SMILES string of the molecule is Cc1ccc(S(=O)n2cc(-c3cccnc3)c3c(-c4cc(C)c(C5(C)[C@H](C)CN(C(=O)CNC(=O)OC(C)(C)C)C[C@@H]5C)c(F)c4)ccnc32)cc1. The van der Waals surface area contributed by atoms with Crippen LogP contribution in [-0.4, -0.2) is 60.3 Å². The molecule has 0 saturated carbocycles. The molecule has 9 nitrogen and oxygen atoms in total. The Hall–Kier alpha value is -4.90. The first-order chi connectivity index (χ1) is 24.6. The molecule has 2 amide bonds. The van der Waals surface area contributed by atoms with Gasteiger partial charge in [-0.05, 0) is 99.0 Å². The van der Waals surface area contributed by atoms with Crippen LogP contribution < -0.4 is 5.32 Å². The highest BCUT2D eigenvalue weighted by Crippen LogP contribution is 2.47. The molecule has 4 atom stereocenters. The number of nitrogens with one attached hydrogen (secondary N) is 1. The predicted molar refractivity (Wildman–Crippen MR) is 203 cm³/mol. The van der Waals surface area contributed by atoms with Crippen LogP contribution in [0.5, 0.6) is 0 Å². The Morgan fingerprint density at radius 3 is 2.31 bits per heavy atom. The molecule has 52 heavy (non-hydrogen) atoms. The number of fused-ring (bicyclic) bond motifs is 1. The molecule has 2 aromatic carbocycles. The van der Waals surface area contributed by atoms with Gasteiger partial charge >= 0.3 is 6.09 Å². The van der Waals surface area contributed by atoms with E-state index in [1.54, 1.807) is 54.3 Å². The predicted octanol–water partition coefficient (Wildman–Crippen LogP) is 7.99. The van der Waals surface area contributed by atoms with Crippen LogP contribution in [0.4, 0.5) is 9.18 Å². The normalized spacial score (nSPS) is 19.8. The van der Waals surface area contributed by atoms with Gasteiger partial charge in [-0.25, -0.2) is 22.4 Å². The first kappa shape index (κ1) is 36.9. The molecule has 1 aliphatic heterocycles. The number of hydrogen-bond acceptors (Lipinski definition) is 6. The fourth-order valence-electron chi connectivity index (χ4n) is 7.46. The van der Waals surface area contributed by atoms with Crippen LogP contribution in [0.2, 0.25) is 0 Å². The lowest BCUT2D eigenvalue weighted by atomic mass is 9.61. The number of rotatable bonds is 7. The molecule has 4 heterocycles. The van der Waals surface area contributed by atoms with E-state index in [4.69, 9.17) is 9.72 Å². The number of carbonyl (C=O) groups excluding carboxylic acids is 2. The summed E-state index contributed by atoms with van der Waals surface area (Å²) < 4.78 is 37.7. The van der Waals surface area contributed by atoms with Gasteiger partial charge in [0.25, 0.3) is 0 Å². The van der Waals surface area contributed by atoms with E-state index in [1.165, 1.54) is 0 Å². The molecule has 5 aromatic rings. The zero-order chi connectivity index (χ0) is 37.5. The highest BCUT2D eigenvalue weighted by molar-refractivity contribution is 7.83. The molecule has 2 unspecified atom stereocenters. The Kier molecular flexibility index (Phi) is 10.1. The number of carbonyl (C=O) groups is 2. The van der Waals surface area contributed by atoms with Gasteiger partial charge in [0.1, 0.15) is 18.0 Å². The first-order valence-corrected chi connectivity index (χ1v) is 18.6. The van der Waals surface area contributed by atoms with Crippen LogP contribution in [0.1, 0.15) is 58.2 Å². The lowest BCUT2D eigenvalue weighted by Gasteiger charge is -2.50. The van der Waals surface area contributed by atoms with Crippen molar-refractivity contribution in [2.75, 3.05) is 19.6 Å². The van der Waals surface area contributed by atoms with E-state index in [1.807, 2.05) is 82.4 Å². The van der Waals surface area contributed by atoms with E-state index >= 15 is 4.39 Å². The van der Waals surface area contributed by atoms with Gasteiger partial charge in [-0.3, -0.25) is 9.78 Å². The first-order valence-electron chi connectivity index (χ1n) is 17.5. The van der Waals surface area contributed by atoms with Gasteiger partial charge in [0, 0.05) is 59.8 Å². The van der Waals surface area contributed by atoms with Crippen molar-refractivity contribution >= 4 is 34.0 Å². The van der Waals surface area contributed by atoms with Gasteiger partial charge in [-0.15, -0.1) is 0 Å². The minimum atomic E-state index is -1.59. The fourth-order valence-corrected chi connectivity index (χ4v) is 8.55. The van der Waals surface area contributed by atoms with Crippen LogP contribution in [0, 0.1) is 31.5 Å². The summed E-state index contributed by atoms with van der Waals surface area (Å²) in [4.78, 5) is 36.8. The monoisotopic (exact) mass is 723 g/mol. The minimum absolute atomic E-state index is 0.0867. The molecular weight excluding hydrogens is 678 g/mol. The maximum Gasteiger partial charge on any atom is 0.408 e. The van der Waals surface area contributed by atoms with Crippen molar-refractivity contribution in [2.45, 2.75) is 71.3 Å². The number of ether oxygens (including phenoxy) is 1. The summed E-state index contributed by atoms with van der Waals surface area (Å²) in [7, 11) is -1.59. The highest BCUT2D eigenvalue weighted by Gasteiger charge is 2.46. The van der Waals surface area contributed by atoms with Crippen molar-refractivity contribution in [3.05, 3.63) is 102 Å². The van der Waals surface area contributed by atoms with Gasteiger partial charge in [0.2, 0.25) is 5.91 Å². The maximum atomic E-state index is 16.8. The van der Waals surface area contributed by atoms with Crippen LogP contribution in [-0.2, 0) is 25.9 Å². The van der Waals surface area contributed by atoms with Gasteiger partial charge in [-0.1, -0.05) is 50.6 Å². The van der Waals surface area contributed by atoms with E-state index in [0.717, 1.165) is 33.2 Å². The summed E-state index contributed by atoms with van der Waals surface area (Å²) in [6.07, 6.45) is 6.33. The standard InChI is InChI=1S/C41H46FN5O4S/c1-25-11-13-31(14-12-25)52(50)47-24-33(29-10-9-16-43-20-29)36-32(15-17-44-38(36)47)30-18-26(2)37(34(42)19-30)41(8)27(3)22-46(23-28(41)4)35(48)21-45-39(49)51-40(5,6)7/h9-20,24,27-28H,21-23H2,1-8H3,(H,45,49)/t27-,28+,41?,52?. The summed E-state index contributed by atoms with van der Waals surface area (Å²) >= 11 is 0. The van der Waals surface area contributed by atoms with Crippen LogP contribution in [0.3, 0.4) is 0 Å². The lowest BCUT2D eigenvalue weighted by molar-refractivity contribution is -0.134. The number of likely N-dealkylation sites (tertiary alicyclic amines) is 1. The molecule has 11 heteroatoms. The summed E-state index contributed by atoms with van der Waals surface area (Å²) in [6, 6.07) is 16.8. The van der Waals surface area contributed by atoms with Crippen LogP contribution in [0.15, 0.2) is 84.3 Å². The van der Waals surface area contributed by atoms with E-state index in [0.29, 0.717) is 34.8 Å². The Bertz CT molecular complexity index is 2130. The third kappa shape index (κ3) is 7.11. The van der Waals surface area contributed by atoms with Gasteiger partial charge in [-0.2, -0.15) is 0 Å². The lowest BCUT2D eigenvalue weighted by Crippen LogP contribution is -2.56. The molecule has 3 aromatic heterocycles. The highest BCUT2D eigenvalue weighted by atomic mass is 32.2. The number of aromatic nitrogens is 3. The molecule has 0 spiro atoms. The molecule has 0 bridgehead atoms. The number of alkyl carbamates (subject to hydrolysis) is 1. The minimum Gasteiger partial charge on any atom is -0.444 e. The Morgan fingerprint density at radius 1 is 1.00 bits per heavy atom. The number of benzene rings is 2. The number of hydrogen-bond donors (Lipinski definition) is 1. The summed E-state index contributed by atoms with van der Waals surface area (Å²) in [5, 5.41) is 3.32. The Labute approximate surface area is 307 Å². The average molecular weight is 724 g/mol. The van der Waals surface area contributed by atoms with Crippen molar-refractivity contribution in [1.29, 1.82) is 0 Å². The third-order valence-corrected chi connectivity index (χ3v) is 11.6. The van der Waals surface area contributed by atoms with Crippen molar-refractivity contribution < 1.29 is 22.9 Å². The molecule has 6 rings (SSSR count). The maximum absolute atomic E-state index is 16.8. The fraction of sp³-hybridized carbons (Fsp3) is 0.366. The summed E-state index contributed by atoms with van der Waals surface area (Å²) in [6.45, 7) is 16.1. The molecule has 1 saturated heterocycles. The molecule has 0 radical (unpaired) electrons. The molecule has 1 N–H and O–H groups in total. The Morgan fingerprint density at radius 2 is 1.69 bits per heavy atom. The molecular formula is C41H46FN5O4S. The second-order valence-electron chi connectivity index (χ2n) is 15.1. The van der Waals surface area contributed by atoms with Crippen LogP contribution in [0.25, 0.3) is 33.3 Å². The quantitative estimate of drug-likeness (QED) is 0.183. The van der Waals surface area contributed by atoms with E-state index in [-0.39, 0.29) is 30.1 Å². The smallest absolute Gasteiger partial charge is 0.408 e. The van der Waals surface area contributed by atoms with E-state index in [9.17, 15) is 13.8 Å². The zero-order valence-electron chi connectivity index (χ0n) is 31.0. The molecule has 1 aliphatic rings. The van der Waals surface area contributed by atoms with Crippen LogP contribution >= 0.6 is 0 Å². The topological polar surface area (TPSA) is 106 Å². The molecule has 0 aliphatic carbocycles. The Balaban J connectivity index is 1.35. The zero-order valence-corrected chi connectivity index (χ0v) is 31.8. The largest absolute Gasteiger partial charge is 0.444 e. The second-order valence-corrected chi connectivity index (χ2v) is 16.5. The van der Waals surface area contributed by atoms with Crippen molar-refractivity contribution in [2.24, 2.45) is 11.8 Å². The second kappa shape index (κ2) is 14.3. The van der Waals surface area contributed by atoms with Crippen molar-refractivity contribution in [3.63, 3.8) is 0 Å². The van der Waals surface area contributed by atoms with Crippen molar-refractivity contribution in [3.8, 4) is 22.3 Å².